The van der Waals surface area contributed by atoms with Gasteiger partial charge in [-0.3, -0.25) is 9.59 Å². The van der Waals surface area contributed by atoms with E-state index in [9.17, 15) is 9.59 Å². The number of pyridine rings is 1. The second-order valence-electron chi connectivity index (χ2n) is 7.05. The molecule has 148 valence electrons. The van der Waals surface area contributed by atoms with Crippen molar-refractivity contribution < 1.29 is 9.59 Å². The number of carbonyl (C=O) groups is 2. The van der Waals surface area contributed by atoms with Gasteiger partial charge in [-0.1, -0.05) is 32.0 Å². The van der Waals surface area contributed by atoms with Crippen molar-refractivity contribution in [2.45, 2.75) is 26.7 Å². The van der Waals surface area contributed by atoms with Crippen LogP contribution in [0, 0.1) is 0 Å². The monoisotopic (exact) mass is 388 g/mol. The third kappa shape index (κ3) is 5.65. The standard InChI is InChI=1S/C23H24N4O2/c1-15(2)17-7-9-18(10-8-17)27-23(29)22-12-11-21(14-24-22)26-20-6-4-5-19(13-20)25-16(3)28/h4-15,26H,1-3H3,(H,25,28)(H,27,29). The number of hydrogen-bond acceptors (Lipinski definition) is 4. The van der Waals surface area contributed by atoms with Crippen LogP contribution in [0.3, 0.4) is 0 Å². The molecule has 2 aromatic carbocycles. The number of nitrogens with one attached hydrogen (secondary N) is 3. The van der Waals surface area contributed by atoms with Gasteiger partial charge in [0.05, 0.1) is 11.9 Å². The number of anilines is 4. The molecule has 0 aliphatic heterocycles. The SMILES string of the molecule is CC(=O)Nc1cccc(Nc2ccc(C(=O)Nc3ccc(C(C)C)cc3)nc2)c1. The molecule has 3 N–H and O–H groups in total. The number of nitrogens with zero attached hydrogens (tertiary/aromatic N) is 1. The second kappa shape index (κ2) is 9.01. The fourth-order valence-electron chi connectivity index (χ4n) is 2.79. The highest BCUT2D eigenvalue weighted by Crippen LogP contribution is 2.21. The van der Waals surface area contributed by atoms with E-state index in [2.05, 4.69) is 34.8 Å². The molecule has 0 saturated carbocycles. The van der Waals surface area contributed by atoms with Crippen LogP contribution < -0.4 is 16.0 Å². The van der Waals surface area contributed by atoms with Crippen LogP contribution in [0.5, 0.6) is 0 Å². The molecule has 0 saturated heterocycles. The van der Waals surface area contributed by atoms with Crippen molar-refractivity contribution in [2.24, 2.45) is 0 Å². The molecule has 6 nitrogen and oxygen atoms in total. The molecule has 29 heavy (non-hydrogen) atoms. The summed E-state index contributed by atoms with van der Waals surface area (Å²) in [6.45, 7) is 5.72. The summed E-state index contributed by atoms with van der Waals surface area (Å²) in [4.78, 5) is 27.8. The molecular weight excluding hydrogens is 364 g/mol. The first-order valence-electron chi connectivity index (χ1n) is 9.43. The van der Waals surface area contributed by atoms with Crippen molar-refractivity contribution in [2.75, 3.05) is 16.0 Å². The first-order chi connectivity index (χ1) is 13.9. The first kappa shape index (κ1) is 20.1. The van der Waals surface area contributed by atoms with Crippen LogP contribution in [0.4, 0.5) is 22.7 Å². The lowest BCUT2D eigenvalue weighted by atomic mass is 10.0. The maximum atomic E-state index is 12.4. The number of benzene rings is 2. The van der Waals surface area contributed by atoms with Gasteiger partial charge >= 0.3 is 0 Å². The predicted molar refractivity (Wildman–Crippen MR) is 117 cm³/mol. The third-order valence-electron chi connectivity index (χ3n) is 4.30. The third-order valence-corrected chi connectivity index (χ3v) is 4.30. The Kier molecular flexibility index (Phi) is 6.24. The molecule has 0 aliphatic rings. The van der Waals surface area contributed by atoms with Crippen molar-refractivity contribution in [3.05, 3.63) is 78.1 Å². The zero-order valence-corrected chi connectivity index (χ0v) is 16.7. The van der Waals surface area contributed by atoms with Crippen LogP contribution in [0.2, 0.25) is 0 Å². The van der Waals surface area contributed by atoms with E-state index in [1.54, 1.807) is 18.3 Å². The number of carbonyl (C=O) groups excluding carboxylic acids is 2. The first-order valence-corrected chi connectivity index (χ1v) is 9.43. The van der Waals surface area contributed by atoms with Crippen molar-refractivity contribution in [3.8, 4) is 0 Å². The Hall–Kier alpha value is -3.67. The quantitative estimate of drug-likeness (QED) is 0.545. The summed E-state index contributed by atoms with van der Waals surface area (Å²) >= 11 is 0. The van der Waals surface area contributed by atoms with E-state index in [4.69, 9.17) is 0 Å². The van der Waals surface area contributed by atoms with E-state index in [0.717, 1.165) is 17.1 Å². The summed E-state index contributed by atoms with van der Waals surface area (Å²) in [5.41, 5.74) is 4.53. The maximum Gasteiger partial charge on any atom is 0.274 e. The summed E-state index contributed by atoms with van der Waals surface area (Å²) in [6.07, 6.45) is 1.60. The number of rotatable bonds is 6. The van der Waals surface area contributed by atoms with Gasteiger partial charge in [0.2, 0.25) is 5.91 Å². The van der Waals surface area contributed by atoms with Crippen molar-refractivity contribution in [1.82, 2.24) is 4.98 Å². The summed E-state index contributed by atoms with van der Waals surface area (Å²) < 4.78 is 0. The van der Waals surface area contributed by atoms with Crippen molar-refractivity contribution in [1.29, 1.82) is 0 Å². The maximum absolute atomic E-state index is 12.4. The highest BCUT2D eigenvalue weighted by atomic mass is 16.2. The molecule has 0 spiro atoms. The summed E-state index contributed by atoms with van der Waals surface area (Å²) in [5, 5.41) is 8.80. The van der Waals surface area contributed by atoms with Crippen molar-refractivity contribution >= 4 is 34.6 Å². The molecule has 3 aromatic rings. The average Bonchev–Trinajstić information content (AvgIpc) is 2.68. The molecule has 2 amide bonds. The highest BCUT2D eigenvalue weighted by Gasteiger charge is 2.08. The van der Waals surface area contributed by atoms with Gasteiger partial charge in [-0.25, -0.2) is 4.98 Å². The molecule has 1 aromatic heterocycles. The Labute approximate surface area is 170 Å². The van der Waals surface area contributed by atoms with E-state index >= 15 is 0 Å². The largest absolute Gasteiger partial charge is 0.354 e. The van der Waals surface area contributed by atoms with Gasteiger partial charge in [0, 0.05) is 24.0 Å². The topological polar surface area (TPSA) is 83.1 Å². The van der Waals surface area contributed by atoms with Crippen LogP contribution >= 0.6 is 0 Å². The molecule has 1 heterocycles. The Bertz CT molecular complexity index is 996. The van der Waals surface area contributed by atoms with E-state index in [0.29, 0.717) is 17.3 Å². The Morgan fingerprint density at radius 2 is 1.52 bits per heavy atom. The Morgan fingerprint density at radius 3 is 2.14 bits per heavy atom. The van der Waals surface area contributed by atoms with Gasteiger partial charge in [0.25, 0.3) is 5.91 Å². The molecule has 0 atom stereocenters. The zero-order chi connectivity index (χ0) is 20.8. The predicted octanol–water partition coefficient (Wildman–Crippen LogP) is 5.16. The second-order valence-corrected chi connectivity index (χ2v) is 7.05. The van der Waals surface area contributed by atoms with Crippen molar-refractivity contribution in [3.63, 3.8) is 0 Å². The van der Waals surface area contributed by atoms with E-state index in [1.807, 2.05) is 48.5 Å². The highest BCUT2D eigenvalue weighted by molar-refractivity contribution is 6.03. The van der Waals surface area contributed by atoms with Gasteiger partial charge < -0.3 is 16.0 Å². The van der Waals surface area contributed by atoms with E-state index in [-0.39, 0.29) is 11.8 Å². The fourth-order valence-corrected chi connectivity index (χ4v) is 2.79. The Balaban J connectivity index is 1.63. The van der Waals surface area contributed by atoms with Crippen LogP contribution in [-0.4, -0.2) is 16.8 Å². The Morgan fingerprint density at radius 1 is 0.828 bits per heavy atom. The lowest BCUT2D eigenvalue weighted by Crippen LogP contribution is -2.13. The average molecular weight is 388 g/mol. The zero-order valence-electron chi connectivity index (χ0n) is 16.7. The van der Waals surface area contributed by atoms with E-state index < -0.39 is 0 Å². The van der Waals surface area contributed by atoms with Gasteiger partial charge in [-0.05, 0) is 53.9 Å². The smallest absolute Gasteiger partial charge is 0.274 e. The van der Waals surface area contributed by atoms with Crippen LogP contribution in [-0.2, 0) is 4.79 Å². The van der Waals surface area contributed by atoms with E-state index in [1.165, 1.54) is 12.5 Å². The minimum atomic E-state index is -0.262. The summed E-state index contributed by atoms with van der Waals surface area (Å²) in [7, 11) is 0. The normalized spacial score (nSPS) is 10.5. The lowest BCUT2D eigenvalue weighted by Gasteiger charge is -2.10. The van der Waals surface area contributed by atoms with Crippen LogP contribution in [0.15, 0.2) is 66.9 Å². The van der Waals surface area contributed by atoms with Gasteiger partial charge in [-0.15, -0.1) is 0 Å². The van der Waals surface area contributed by atoms with Crippen LogP contribution in [0.1, 0.15) is 42.7 Å². The molecular formula is C23H24N4O2. The fraction of sp³-hybridized carbons (Fsp3) is 0.174. The number of hydrogen-bond donors (Lipinski definition) is 3. The summed E-state index contributed by atoms with van der Waals surface area (Å²) in [5.74, 6) is 0.0555. The number of aromatic nitrogens is 1. The minimum absolute atomic E-state index is 0.127. The minimum Gasteiger partial charge on any atom is -0.354 e. The van der Waals surface area contributed by atoms with Gasteiger partial charge in [0.15, 0.2) is 0 Å². The molecule has 6 heteroatoms. The molecule has 3 rings (SSSR count). The molecule has 0 aliphatic carbocycles. The molecule has 0 fully saturated rings. The van der Waals surface area contributed by atoms with Gasteiger partial charge in [-0.2, -0.15) is 0 Å². The molecule has 0 bridgehead atoms. The van der Waals surface area contributed by atoms with Crippen LogP contribution in [0.25, 0.3) is 0 Å². The summed E-state index contributed by atoms with van der Waals surface area (Å²) in [6, 6.07) is 18.6. The number of amides is 2. The van der Waals surface area contributed by atoms with Gasteiger partial charge in [0.1, 0.15) is 5.69 Å². The molecule has 0 radical (unpaired) electrons. The lowest BCUT2D eigenvalue weighted by molar-refractivity contribution is -0.114. The molecule has 0 unspecified atom stereocenters.